The van der Waals surface area contributed by atoms with Gasteiger partial charge in [-0.3, -0.25) is 0 Å². The van der Waals surface area contributed by atoms with Crippen LogP contribution in [0.4, 0.5) is 16.6 Å². The number of urea groups is 1. The highest BCUT2D eigenvalue weighted by Crippen LogP contribution is 2.28. The summed E-state index contributed by atoms with van der Waals surface area (Å²) in [5.41, 5.74) is 0.926. The van der Waals surface area contributed by atoms with Gasteiger partial charge in [0.1, 0.15) is 11.9 Å². The van der Waals surface area contributed by atoms with Crippen LogP contribution in [0, 0.1) is 5.92 Å². The summed E-state index contributed by atoms with van der Waals surface area (Å²) in [4.78, 5) is 35.7. The van der Waals surface area contributed by atoms with E-state index in [1.807, 2.05) is 49.5 Å². The molecule has 1 saturated carbocycles. The largest absolute Gasteiger partial charge is 0.467 e. The number of thioether (sulfide) groups is 1. The van der Waals surface area contributed by atoms with Crippen molar-refractivity contribution < 1.29 is 14.3 Å². The van der Waals surface area contributed by atoms with Crippen molar-refractivity contribution in [2.75, 3.05) is 50.0 Å². The standard InChI is InChI=1S/C24H36N6O3S/c1-30(2)21-18-7-5-6-8-19(18)27-23(29-21)26-17-11-9-16(10-12-17)15-25-24(32)28-20(13-14-34-4)22(31)33-3/h5-8,16-17,20H,9-15H2,1-4H3,(H2,25,28,32)(H,26,27,29)/t16-,17+,20-/m0/s1. The van der Waals surface area contributed by atoms with Gasteiger partial charge in [-0.2, -0.15) is 16.7 Å². The molecular weight excluding hydrogens is 452 g/mol. The summed E-state index contributed by atoms with van der Waals surface area (Å²) in [6.45, 7) is 0.590. The molecule has 1 aromatic carbocycles. The number of methoxy groups -OCH3 is 1. The fourth-order valence-electron chi connectivity index (χ4n) is 4.23. The van der Waals surface area contributed by atoms with Crippen molar-refractivity contribution >= 4 is 46.4 Å². The highest BCUT2D eigenvalue weighted by atomic mass is 32.2. The first-order valence-electron chi connectivity index (χ1n) is 11.7. The first kappa shape index (κ1) is 25.9. The van der Waals surface area contributed by atoms with E-state index in [1.54, 1.807) is 11.8 Å². The Morgan fingerprint density at radius 3 is 2.59 bits per heavy atom. The van der Waals surface area contributed by atoms with Gasteiger partial charge in [-0.05, 0) is 62.2 Å². The second-order valence-corrected chi connectivity index (χ2v) is 9.84. The van der Waals surface area contributed by atoms with Crippen molar-refractivity contribution in [1.29, 1.82) is 0 Å². The predicted octanol–water partition coefficient (Wildman–Crippen LogP) is 3.26. The second kappa shape index (κ2) is 12.6. The summed E-state index contributed by atoms with van der Waals surface area (Å²) in [6.07, 6.45) is 6.48. The number of rotatable bonds is 10. The number of hydrogen-bond acceptors (Lipinski definition) is 8. The minimum absolute atomic E-state index is 0.302. The minimum atomic E-state index is -0.619. The maximum atomic E-state index is 12.3. The Hall–Kier alpha value is -2.75. The van der Waals surface area contributed by atoms with Crippen LogP contribution in [0.5, 0.6) is 0 Å². The normalized spacial score (nSPS) is 18.7. The summed E-state index contributed by atoms with van der Waals surface area (Å²) in [5, 5.41) is 10.2. The maximum Gasteiger partial charge on any atom is 0.328 e. The lowest BCUT2D eigenvalue weighted by atomic mass is 9.86. The summed E-state index contributed by atoms with van der Waals surface area (Å²) >= 11 is 1.63. The molecule has 0 aliphatic heterocycles. The van der Waals surface area contributed by atoms with Crippen molar-refractivity contribution in [2.24, 2.45) is 5.92 Å². The molecule has 0 spiro atoms. The predicted molar refractivity (Wildman–Crippen MR) is 139 cm³/mol. The number of amides is 2. The number of carbonyl (C=O) groups is 2. The van der Waals surface area contributed by atoms with Crippen LogP contribution in [0.2, 0.25) is 0 Å². The van der Waals surface area contributed by atoms with Gasteiger partial charge in [0.25, 0.3) is 0 Å². The van der Waals surface area contributed by atoms with Crippen LogP contribution >= 0.6 is 11.8 Å². The van der Waals surface area contributed by atoms with Crippen LogP contribution in [-0.4, -0.2) is 73.8 Å². The van der Waals surface area contributed by atoms with E-state index in [0.717, 1.165) is 48.2 Å². The lowest BCUT2D eigenvalue weighted by Gasteiger charge is -2.29. The van der Waals surface area contributed by atoms with Gasteiger partial charge in [0.15, 0.2) is 0 Å². The third-order valence-electron chi connectivity index (χ3n) is 6.14. The van der Waals surface area contributed by atoms with Gasteiger partial charge >= 0.3 is 12.0 Å². The fraction of sp³-hybridized carbons (Fsp3) is 0.583. The van der Waals surface area contributed by atoms with Gasteiger partial charge < -0.3 is 25.6 Å². The van der Waals surface area contributed by atoms with Crippen LogP contribution in [0.25, 0.3) is 10.9 Å². The Morgan fingerprint density at radius 1 is 1.18 bits per heavy atom. The lowest BCUT2D eigenvalue weighted by molar-refractivity contribution is -0.142. The van der Waals surface area contributed by atoms with Gasteiger partial charge in [0.2, 0.25) is 5.95 Å². The Morgan fingerprint density at radius 2 is 1.91 bits per heavy atom. The average molecular weight is 489 g/mol. The van der Waals surface area contributed by atoms with Crippen molar-refractivity contribution in [1.82, 2.24) is 20.6 Å². The summed E-state index contributed by atoms with van der Waals surface area (Å²) in [5.74, 6) is 2.32. The molecule has 34 heavy (non-hydrogen) atoms. The number of hydrogen-bond donors (Lipinski definition) is 3. The molecule has 1 aliphatic rings. The zero-order valence-corrected chi connectivity index (χ0v) is 21.3. The van der Waals surface area contributed by atoms with E-state index in [4.69, 9.17) is 14.7 Å². The number of para-hydroxylation sites is 1. The zero-order valence-electron chi connectivity index (χ0n) is 20.5. The molecule has 3 rings (SSSR count). The van der Waals surface area contributed by atoms with E-state index in [1.165, 1.54) is 7.11 Å². The molecule has 0 saturated heterocycles. The average Bonchev–Trinajstić information content (AvgIpc) is 2.85. The van der Waals surface area contributed by atoms with Crippen molar-refractivity contribution in [2.45, 2.75) is 44.2 Å². The third kappa shape index (κ3) is 7.12. The summed E-state index contributed by atoms with van der Waals surface area (Å²) in [6, 6.07) is 7.40. The van der Waals surface area contributed by atoms with E-state index >= 15 is 0 Å². The maximum absolute atomic E-state index is 12.3. The van der Waals surface area contributed by atoms with Gasteiger partial charge in [-0.1, -0.05) is 12.1 Å². The number of benzene rings is 1. The molecule has 0 unspecified atom stereocenters. The fourth-order valence-corrected chi connectivity index (χ4v) is 4.70. The molecular formula is C24H36N6O3S. The third-order valence-corrected chi connectivity index (χ3v) is 6.78. The van der Waals surface area contributed by atoms with Crippen molar-refractivity contribution in [3.05, 3.63) is 24.3 Å². The second-order valence-electron chi connectivity index (χ2n) is 8.86. The molecule has 9 nitrogen and oxygen atoms in total. The number of aromatic nitrogens is 2. The number of nitrogens with zero attached hydrogens (tertiary/aromatic N) is 3. The van der Waals surface area contributed by atoms with E-state index in [2.05, 4.69) is 16.0 Å². The van der Waals surface area contributed by atoms with E-state index in [0.29, 0.717) is 30.9 Å². The van der Waals surface area contributed by atoms with Crippen LogP contribution < -0.4 is 20.9 Å². The first-order chi connectivity index (χ1) is 16.4. The topological polar surface area (TPSA) is 108 Å². The van der Waals surface area contributed by atoms with Gasteiger partial charge in [-0.25, -0.2) is 14.6 Å². The first-order valence-corrected chi connectivity index (χ1v) is 13.1. The van der Waals surface area contributed by atoms with Crippen LogP contribution in [0.15, 0.2) is 24.3 Å². The molecule has 186 valence electrons. The van der Waals surface area contributed by atoms with Crippen LogP contribution in [-0.2, 0) is 9.53 Å². The molecule has 1 fully saturated rings. The quantitative estimate of drug-likeness (QED) is 0.438. The molecule has 2 aromatic rings. The van der Waals surface area contributed by atoms with Crippen molar-refractivity contribution in [3.63, 3.8) is 0 Å². The molecule has 1 heterocycles. The lowest BCUT2D eigenvalue weighted by Crippen LogP contribution is -2.48. The van der Waals surface area contributed by atoms with Gasteiger partial charge in [0.05, 0.1) is 12.6 Å². The van der Waals surface area contributed by atoms with Gasteiger partial charge in [0, 0.05) is 32.1 Å². The highest BCUT2D eigenvalue weighted by molar-refractivity contribution is 7.98. The van der Waals surface area contributed by atoms with E-state index in [9.17, 15) is 9.59 Å². The van der Waals surface area contributed by atoms with E-state index in [-0.39, 0.29) is 6.03 Å². The Bertz CT molecular complexity index is 965. The molecule has 1 aromatic heterocycles. The molecule has 1 atom stereocenters. The van der Waals surface area contributed by atoms with Crippen molar-refractivity contribution in [3.8, 4) is 0 Å². The van der Waals surface area contributed by atoms with Gasteiger partial charge in [-0.15, -0.1) is 0 Å². The van der Waals surface area contributed by atoms with Crippen LogP contribution in [0.1, 0.15) is 32.1 Å². The zero-order chi connectivity index (χ0) is 24.5. The number of fused-ring (bicyclic) bond motifs is 1. The smallest absolute Gasteiger partial charge is 0.328 e. The highest BCUT2D eigenvalue weighted by Gasteiger charge is 2.24. The SMILES string of the molecule is COC(=O)[C@H](CCSC)NC(=O)NC[C@H]1CC[C@@H](Nc2nc(N(C)C)c3ccccc3n2)CC1. The number of esters is 1. The molecule has 0 radical (unpaired) electrons. The number of ether oxygens (including phenoxy) is 1. The Labute approximate surface area is 205 Å². The van der Waals surface area contributed by atoms with Crippen LogP contribution in [0.3, 0.4) is 0 Å². The minimum Gasteiger partial charge on any atom is -0.467 e. The summed E-state index contributed by atoms with van der Waals surface area (Å²) < 4.78 is 4.80. The summed E-state index contributed by atoms with van der Waals surface area (Å²) in [7, 11) is 5.32. The number of anilines is 2. The number of nitrogens with one attached hydrogen (secondary N) is 3. The Kier molecular flexibility index (Phi) is 9.62. The molecule has 0 bridgehead atoms. The number of carbonyl (C=O) groups excluding carboxylic acids is 2. The molecule has 2 amide bonds. The monoisotopic (exact) mass is 488 g/mol. The molecule has 3 N–H and O–H groups in total. The molecule has 1 aliphatic carbocycles. The Balaban J connectivity index is 1.47. The van der Waals surface area contributed by atoms with E-state index < -0.39 is 12.0 Å². The molecule has 10 heteroatoms.